The maximum absolute atomic E-state index is 14.4. The van der Waals surface area contributed by atoms with Crippen molar-refractivity contribution in [3.05, 3.63) is 132 Å². The van der Waals surface area contributed by atoms with E-state index in [0.29, 0.717) is 5.56 Å². The third kappa shape index (κ3) is 4.39. The van der Waals surface area contributed by atoms with Crippen LogP contribution in [0.3, 0.4) is 0 Å². The first-order valence-corrected chi connectivity index (χ1v) is 17.3. The molecule has 1 aliphatic rings. The molecule has 6 heteroatoms. The van der Waals surface area contributed by atoms with Crippen LogP contribution in [-0.2, 0) is 9.54 Å². The number of rotatable bonds is 8. The van der Waals surface area contributed by atoms with Gasteiger partial charge in [0.25, 0.3) is 0 Å². The van der Waals surface area contributed by atoms with Crippen molar-refractivity contribution in [1.29, 1.82) is 0 Å². The minimum Gasteiger partial charge on any atom is -0.472 e. The van der Waals surface area contributed by atoms with Crippen molar-refractivity contribution in [3.8, 4) is 0 Å². The Hall–Kier alpha value is -3.06. The van der Waals surface area contributed by atoms with Crippen LogP contribution in [0.5, 0.6) is 0 Å². The van der Waals surface area contributed by atoms with Gasteiger partial charge in [0.15, 0.2) is 0 Å². The lowest BCUT2D eigenvalue weighted by molar-refractivity contribution is -0.164. The van der Waals surface area contributed by atoms with Crippen LogP contribution in [0.15, 0.2) is 114 Å². The van der Waals surface area contributed by atoms with Gasteiger partial charge in [-0.2, -0.15) is 0 Å². The van der Waals surface area contributed by atoms with Gasteiger partial charge in [0.05, 0.1) is 42.6 Å². The van der Waals surface area contributed by atoms with E-state index in [1.807, 2.05) is 23.1 Å². The average Bonchev–Trinajstić information content (AvgIpc) is 3.47. The van der Waals surface area contributed by atoms with Crippen LogP contribution in [0.1, 0.15) is 49.1 Å². The molecule has 1 fully saturated rings. The number of hydrogen-bond donors (Lipinski definition) is 1. The molecule has 0 radical (unpaired) electrons. The number of amides is 1. The zero-order chi connectivity index (χ0) is 27.8. The number of aliphatic hydroxyl groups excluding tert-OH is 1. The Morgan fingerprint density at radius 1 is 0.846 bits per heavy atom. The lowest BCUT2D eigenvalue weighted by atomic mass is 9.82. The first kappa shape index (κ1) is 27.5. The first-order valence-electron chi connectivity index (χ1n) is 13.5. The monoisotopic (exact) mass is 555 g/mol. The molecular formula is C33H37NO3SSi. The minimum absolute atomic E-state index is 0.0333. The maximum atomic E-state index is 14.4. The van der Waals surface area contributed by atoms with Crippen LogP contribution < -0.4 is 0 Å². The van der Waals surface area contributed by atoms with E-state index in [0.717, 1.165) is 16.7 Å². The second kappa shape index (κ2) is 10.5. The first-order chi connectivity index (χ1) is 18.6. The molecule has 4 nitrogen and oxygen atoms in total. The summed E-state index contributed by atoms with van der Waals surface area (Å²) in [4.78, 5) is 16.4. The summed E-state index contributed by atoms with van der Waals surface area (Å²) in [5.74, 6) is 0.0333. The van der Waals surface area contributed by atoms with E-state index in [9.17, 15) is 9.90 Å². The van der Waals surface area contributed by atoms with Crippen LogP contribution >= 0.6 is 11.8 Å². The molecule has 2 heterocycles. The highest BCUT2D eigenvalue weighted by molar-refractivity contribution is 8.01. The summed E-state index contributed by atoms with van der Waals surface area (Å²) in [6.45, 7) is 10.6. The summed E-state index contributed by atoms with van der Waals surface area (Å²) in [6, 6.07) is 33.4. The number of thioether (sulfide) groups is 1. The van der Waals surface area contributed by atoms with Crippen molar-refractivity contribution < 1.29 is 14.3 Å². The zero-order valence-corrected chi connectivity index (χ0v) is 25.2. The molecule has 0 spiro atoms. The predicted molar refractivity (Wildman–Crippen MR) is 162 cm³/mol. The Bertz CT molecular complexity index is 1290. The number of carbonyl (C=O) groups excluding carboxylic acids is 1. The van der Waals surface area contributed by atoms with E-state index in [2.05, 4.69) is 107 Å². The van der Waals surface area contributed by atoms with Gasteiger partial charge >= 0.3 is 0 Å². The summed E-state index contributed by atoms with van der Waals surface area (Å²) in [6.07, 6.45) is 2.20. The van der Waals surface area contributed by atoms with Crippen LogP contribution in [0, 0.1) is 0 Å². The molecule has 5 rings (SSSR count). The molecule has 0 bridgehead atoms. The molecule has 1 N–H and O–H groups in total. The summed E-state index contributed by atoms with van der Waals surface area (Å²) in [5.41, 5.74) is 3.65. The number of benzene rings is 3. The number of β-lactam (4-membered cyclic amide) rings is 1. The second-order valence-corrected chi connectivity index (χ2v) is 16.2. The summed E-state index contributed by atoms with van der Waals surface area (Å²) in [7, 11) is -1.82. The van der Waals surface area contributed by atoms with E-state index in [1.165, 1.54) is 0 Å². The van der Waals surface area contributed by atoms with Crippen molar-refractivity contribution in [3.63, 3.8) is 0 Å². The molecular weight excluding hydrogens is 519 g/mol. The molecule has 1 aliphatic heterocycles. The predicted octanol–water partition coefficient (Wildman–Crippen LogP) is 7.23. The van der Waals surface area contributed by atoms with Crippen molar-refractivity contribution in [1.82, 2.24) is 4.90 Å². The third-order valence-electron chi connectivity index (χ3n) is 8.05. The molecule has 1 aromatic heterocycles. The lowest BCUT2D eigenvalue weighted by Gasteiger charge is -2.64. The van der Waals surface area contributed by atoms with Crippen molar-refractivity contribution in [2.24, 2.45) is 0 Å². The summed E-state index contributed by atoms with van der Waals surface area (Å²) in [5, 5.41) is 10.8. The molecule has 0 aliphatic carbocycles. The van der Waals surface area contributed by atoms with Crippen LogP contribution in [-0.4, -0.2) is 35.6 Å². The maximum Gasteiger partial charge on any atom is 0.232 e. The fraction of sp³-hybridized carbons (Fsp3) is 0.303. The number of aliphatic hydroxyl groups is 1. The molecule has 1 saturated heterocycles. The number of nitrogens with zero attached hydrogens (tertiary/aromatic N) is 1. The van der Waals surface area contributed by atoms with Gasteiger partial charge in [-0.1, -0.05) is 104 Å². The molecule has 3 aromatic carbocycles. The molecule has 202 valence electrons. The molecule has 0 saturated carbocycles. The second-order valence-electron chi connectivity index (χ2n) is 11.6. The Morgan fingerprint density at radius 2 is 1.31 bits per heavy atom. The molecule has 3 atom stereocenters. The summed E-state index contributed by atoms with van der Waals surface area (Å²) >= 11 is 1.79. The minimum atomic E-state index is -1.82. The van der Waals surface area contributed by atoms with E-state index >= 15 is 0 Å². The Balaban J connectivity index is 1.79. The normalized spacial score (nSPS) is 20.6. The Labute approximate surface area is 237 Å². The van der Waals surface area contributed by atoms with Gasteiger partial charge in [0, 0.05) is 11.1 Å². The fourth-order valence-corrected chi connectivity index (χ4v) is 11.4. The highest BCUT2D eigenvalue weighted by Crippen LogP contribution is 2.67. The quantitative estimate of drug-likeness (QED) is 0.142. The van der Waals surface area contributed by atoms with E-state index in [-0.39, 0.29) is 11.3 Å². The highest BCUT2D eigenvalue weighted by Gasteiger charge is 2.70. The van der Waals surface area contributed by atoms with Gasteiger partial charge in [-0.3, -0.25) is 4.79 Å². The number of carbonyl (C=O) groups is 1. The van der Waals surface area contributed by atoms with Gasteiger partial charge in [-0.15, -0.1) is 11.8 Å². The van der Waals surface area contributed by atoms with Crippen molar-refractivity contribution >= 4 is 26.5 Å². The zero-order valence-electron chi connectivity index (χ0n) is 23.2. The Kier molecular flexibility index (Phi) is 7.40. The average molecular weight is 556 g/mol. The van der Waals surface area contributed by atoms with Gasteiger partial charge in [-0.05, 0) is 43.5 Å². The number of hydrogen-bond acceptors (Lipinski definition) is 4. The van der Waals surface area contributed by atoms with Gasteiger partial charge < -0.3 is 14.4 Å². The Morgan fingerprint density at radius 3 is 1.67 bits per heavy atom. The molecule has 4 aromatic rings. The summed E-state index contributed by atoms with van der Waals surface area (Å²) < 4.78 is 4.75. The standard InChI is InChI=1S/C33H37NO3SSi/c1-31(2,3)34-29(36)33(39(4)5,28(35)24-21-22-37-23-24)30(34)38-32(25-15-9-6-10-16-25,26-17-11-7-12-18-26)27-19-13-8-14-20-27/h6-23,28,30,35,39H,1-5H3. The van der Waals surface area contributed by atoms with Crippen LogP contribution in [0.25, 0.3) is 0 Å². The smallest absolute Gasteiger partial charge is 0.232 e. The molecule has 3 unspecified atom stereocenters. The van der Waals surface area contributed by atoms with E-state index in [1.54, 1.807) is 30.4 Å². The number of furan rings is 1. The van der Waals surface area contributed by atoms with Crippen molar-refractivity contribution in [2.45, 2.75) is 60.7 Å². The van der Waals surface area contributed by atoms with E-state index in [4.69, 9.17) is 4.42 Å². The number of likely N-dealkylation sites (tertiary alicyclic amines) is 1. The lowest BCUT2D eigenvalue weighted by Crippen LogP contribution is -2.74. The van der Waals surface area contributed by atoms with Crippen LogP contribution in [0.2, 0.25) is 18.1 Å². The third-order valence-corrected chi connectivity index (χ3v) is 13.0. The van der Waals surface area contributed by atoms with Gasteiger partial charge in [-0.25, -0.2) is 0 Å². The molecule has 39 heavy (non-hydrogen) atoms. The van der Waals surface area contributed by atoms with Gasteiger partial charge in [0.2, 0.25) is 5.91 Å². The highest BCUT2D eigenvalue weighted by atomic mass is 32.2. The largest absolute Gasteiger partial charge is 0.472 e. The fourth-order valence-electron chi connectivity index (χ4n) is 6.07. The van der Waals surface area contributed by atoms with Crippen molar-refractivity contribution in [2.75, 3.05) is 0 Å². The SMILES string of the molecule is C[SiH](C)C1(C(O)c2ccoc2)C(=O)N(C(C)(C)C)C1SC(c1ccccc1)(c1ccccc1)c1ccccc1. The van der Waals surface area contributed by atoms with Gasteiger partial charge in [0.1, 0.15) is 0 Å². The van der Waals surface area contributed by atoms with Crippen LogP contribution in [0.4, 0.5) is 0 Å². The molecule has 1 amide bonds. The topological polar surface area (TPSA) is 53.7 Å². The van der Waals surface area contributed by atoms with E-state index < -0.39 is 30.2 Å².